The van der Waals surface area contributed by atoms with Crippen molar-refractivity contribution in [3.63, 3.8) is 0 Å². The molecule has 1 aromatic carbocycles. The van der Waals surface area contributed by atoms with Gasteiger partial charge in [0.15, 0.2) is 6.61 Å². The van der Waals surface area contributed by atoms with E-state index in [1.807, 2.05) is 6.92 Å². The molecule has 144 valence electrons. The van der Waals surface area contributed by atoms with Gasteiger partial charge in [-0.25, -0.2) is 13.2 Å². The van der Waals surface area contributed by atoms with Gasteiger partial charge in [-0.05, 0) is 55.5 Å². The van der Waals surface area contributed by atoms with Gasteiger partial charge in [-0.1, -0.05) is 12.5 Å². The number of ether oxygens (including phenoxy) is 1. The summed E-state index contributed by atoms with van der Waals surface area (Å²) in [6, 6.07) is 9.04. The number of thiophene rings is 1. The molecule has 2 aromatic rings. The first-order chi connectivity index (χ1) is 12.9. The van der Waals surface area contributed by atoms with Gasteiger partial charge in [-0.15, -0.1) is 11.3 Å². The fourth-order valence-electron chi connectivity index (χ4n) is 3.05. The van der Waals surface area contributed by atoms with Crippen LogP contribution in [0.3, 0.4) is 0 Å². The van der Waals surface area contributed by atoms with Crippen molar-refractivity contribution in [3.05, 3.63) is 52.2 Å². The molecule has 0 aliphatic carbocycles. The van der Waals surface area contributed by atoms with E-state index in [-0.39, 0.29) is 28.9 Å². The summed E-state index contributed by atoms with van der Waals surface area (Å²) in [5, 5.41) is 1.78. The molecular formula is C19H21NO5S2. The van der Waals surface area contributed by atoms with Gasteiger partial charge >= 0.3 is 5.97 Å². The zero-order valence-electron chi connectivity index (χ0n) is 15.0. The lowest BCUT2D eigenvalue weighted by molar-refractivity contribution is 0.0475. The number of hydrogen-bond acceptors (Lipinski definition) is 6. The van der Waals surface area contributed by atoms with Gasteiger partial charge in [0.05, 0.1) is 15.3 Å². The normalized spacial score (nSPS) is 18.2. The summed E-state index contributed by atoms with van der Waals surface area (Å²) in [5.74, 6) is -0.924. The maximum atomic E-state index is 12.8. The molecule has 1 aliphatic heterocycles. The first-order valence-corrected chi connectivity index (χ1v) is 11.1. The van der Waals surface area contributed by atoms with E-state index >= 15 is 0 Å². The van der Waals surface area contributed by atoms with Crippen molar-refractivity contribution in [2.24, 2.45) is 0 Å². The molecule has 3 rings (SSSR count). The molecule has 0 radical (unpaired) electrons. The fraction of sp³-hybridized carbons (Fsp3) is 0.368. The van der Waals surface area contributed by atoms with E-state index in [1.165, 1.54) is 39.9 Å². The van der Waals surface area contributed by atoms with E-state index in [2.05, 4.69) is 0 Å². The average Bonchev–Trinajstić information content (AvgIpc) is 3.21. The Balaban J connectivity index is 1.65. The van der Waals surface area contributed by atoms with Crippen LogP contribution in [0.4, 0.5) is 0 Å². The number of ketones is 1. The minimum atomic E-state index is -3.58. The van der Waals surface area contributed by atoms with Gasteiger partial charge in [-0.2, -0.15) is 4.31 Å². The highest BCUT2D eigenvalue weighted by atomic mass is 32.2. The van der Waals surface area contributed by atoms with Gasteiger partial charge in [0.2, 0.25) is 15.8 Å². The highest BCUT2D eigenvalue weighted by molar-refractivity contribution is 7.89. The lowest BCUT2D eigenvalue weighted by atomic mass is 10.1. The number of rotatable bonds is 6. The number of piperidine rings is 1. The number of benzene rings is 1. The molecule has 1 fully saturated rings. The molecule has 0 unspecified atom stereocenters. The summed E-state index contributed by atoms with van der Waals surface area (Å²) < 4.78 is 32.1. The Bertz CT molecular complexity index is 904. The van der Waals surface area contributed by atoms with Gasteiger partial charge in [0.1, 0.15) is 0 Å². The van der Waals surface area contributed by atoms with Crippen LogP contribution < -0.4 is 0 Å². The zero-order valence-corrected chi connectivity index (χ0v) is 16.6. The second kappa shape index (κ2) is 8.33. The number of nitrogens with zero attached hydrogens (tertiary/aromatic N) is 1. The Morgan fingerprint density at radius 2 is 1.93 bits per heavy atom. The Morgan fingerprint density at radius 1 is 1.19 bits per heavy atom. The summed E-state index contributed by atoms with van der Waals surface area (Å²) in [6.45, 7) is 2.08. The van der Waals surface area contributed by atoms with Gasteiger partial charge in [0, 0.05) is 12.6 Å². The predicted octanol–water partition coefficient (Wildman–Crippen LogP) is 3.35. The second-order valence-electron chi connectivity index (χ2n) is 6.46. The maximum Gasteiger partial charge on any atom is 0.338 e. The molecule has 1 atom stereocenters. The summed E-state index contributed by atoms with van der Waals surface area (Å²) in [4.78, 5) is 24.7. The molecule has 1 saturated heterocycles. The predicted molar refractivity (Wildman–Crippen MR) is 103 cm³/mol. The lowest BCUT2D eigenvalue weighted by Crippen LogP contribution is -2.41. The van der Waals surface area contributed by atoms with Gasteiger partial charge in [-0.3, -0.25) is 4.79 Å². The van der Waals surface area contributed by atoms with Crippen molar-refractivity contribution in [3.8, 4) is 0 Å². The minimum absolute atomic E-state index is 0.0309. The SMILES string of the molecule is C[C@H]1CCCCN1S(=O)(=O)c1ccc(C(=O)OCC(=O)c2cccs2)cc1. The van der Waals surface area contributed by atoms with Crippen LogP contribution in [-0.4, -0.2) is 43.7 Å². The standard InChI is InChI=1S/C19H21NO5S2/c1-14-5-2-3-11-20(14)27(23,24)16-9-7-15(8-10-16)19(22)25-13-17(21)18-6-4-12-26-18/h4,6-10,12,14H,2-3,5,11,13H2,1H3/t14-/m0/s1. The van der Waals surface area contributed by atoms with Crippen LogP contribution in [0.5, 0.6) is 0 Å². The van der Waals surface area contributed by atoms with Crippen LogP contribution in [0.1, 0.15) is 46.2 Å². The number of esters is 1. The first-order valence-electron chi connectivity index (χ1n) is 8.75. The van der Waals surface area contributed by atoms with Gasteiger partial charge in [0.25, 0.3) is 0 Å². The number of Topliss-reactive ketones (excluding diaryl/α,β-unsaturated/α-hetero) is 1. The molecule has 0 bridgehead atoms. The van der Waals surface area contributed by atoms with Crippen molar-refractivity contribution < 1.29 is 22.7 Å². The molecule has 1 aromatic heterocycles. The average molecular weight is 408 g/mol. The number of hydrogen-bond donors (Lipinski definition) is 0. The zero-order chi connectivity index (χ0) is 19.4. The van der Waals surface area contributed by atoms with Crippen molar-refractivity contribution >= 4 is 33.1 Å². The van der Waals surface area contributed by atoms with Crippen molar-refractivity contribution in [1.29, 1.82) is 0 Å². The Kier molecular flexibility index (Phi) is 6.08. The third-order valence-corrected chi connectivity index (χ3v) is 7.51. The molecule has 1 aliphatic rings. The molecule has 2 heterocycles. The maximum absolute atomic E-state index is 12.8. The highest BCUT2D eigenvalue weighted by Crippen LogP contribution is 2.25. The molecule has 6 nitrogen and oxygen atoms in total. The molecule has 0 N–H and O–H groups in total. The number of carbonyl (C=O) groups excluding carboxylic acids is 2. The summed E-state index contributed by atoms with van der Waals surface area (Å²) in [6.07, 6.45) is 2.73. The third-order valence-electron chi connectivity index (χ3n) is 4.57. The molecule has 0 amide bonds. The Morgan fingerprint density at radius 3 is 2.56 bits per heavy atom. The van der Waals surface area contributed by atoms with Crippen LogP contribution >= 0.6 is 11.3 Å². The van der Waals surface area contributed by atoms with Gasteiger partial charge < -0.3 is 4.74 Å². The Labute approximate surface area is 162 Å². The van der Waals surface area contributed by atoms with E-state index in [0.717, 1.165) is 19.3 Å². The molecule has 8 heteroatoms. The summed E-state index contributed by atoms with van der Waals surface area (Å²) in [7, 11) is -3.58. The van der Waals surface area contributed by atoms with E-state index in [0.29, 0.717) is 11.4 Å². The third kappa shape index (κ3) is 4.45. The van der Waals surface area contributed by atoms with Crippen molar-refractivity contribution in [2.75, 3.05) is 13.2 Å². The largest absolute Gasteiger partial charge is 0.454 e. The van der Waals surface area contributed by atoms with E-state index in [9.17, 15) is 18.0 Å². The van der Waals surface area contributed by atoms with E-state index < -0.39 is 16.0 Å². The number of sulfonamides is 1. The van der Waals surface area contributed by atoms with Crippen LogP contribution in [0.2, 0.25) is 0 Å². The second-order valence-corrected chi connectivity index (χ2v) is 9.30. The molecule has 0 spiro atoms. The molecule has 27 heavy (non-hydrogen) atoms. The molecule has 0 saturated carbocycles. The summed E-state index contributed by atoms with van der Waals surface area (Å²) >= 11 is 1.28. The van der Waals surface area contributed by atoms with E-state index in [4.69, 9.17) is 4.74 Å². The lowest BCUT2D eigenvalue weighted by Gasteiger charge is -2.32. The monoisotopic (exact) mass is 407 g/mol. The summed E-state index contributed by atoms with van der Waals surface area (Å²) in [5.41, 5.74) is 0.208. The van der Waals surface area contributed by atoms with Crippen LogP contribution in [0, 0.1) is 0 Å². The first kappa shape index (κ1) is 19.7. The van der Waals surface area contributed by atoms with Crippen LogP contribution in [-0.2, 0) is 14.8 Å². The fourth-order valence-corrected chi connectivity index (χ4v) is 5.40. The van der Waals surface area contributed by atoms with Crippen LogP contribution in [0.25, 0.3) is 0 Å². The van der Waals surface area contributed by atoms with Crippen molar-refractivity contribution in [2.45, 2.75) is 37.1 Å². The number of carbonyl (C=O) groups is 2. The quantitative estimate of drug-likeness (QED) is 0.542. The minimum Gasteiger partial charge on any atom is -0.454 e. The van der Waals surface area contributed by atoms with E-state index in [1.54, 1.807) is 17.5 Å². The Hall–Kier alpha value is -2.03. The van der Waals surface area contributed by atoms with Crippen molar-refractivity contribution in [1.82, 2.24) is 4.31 Å². The van der Waals surface area contributed by atoms with Crippen LogP contribution in [0.15, 0.2) is 46.7 Å². The smallest absolute Gasteiger partial charge is 0.338 e. The molecular weight excluding hydrogens is 386 g/mol. The highest BCUT2D eigenvalue weighted by Gasteiger charge is 2.31. The topological polar surface area (TPSA) is 80.8 Å².